The summed E-state index contributed by atoms with van der Waals surface area (Å²) in [5.41, 5.74) is 6.50. The average Bonchev–Trinajstić information content (AvgIpc) is 2.35. The summed E-state index contributed by atoms with van der Waals surface area (Å²) in [5.74, 6) is 2.03. The van der Waals surface area contributed by atoms with Crippen LogP contribution in [-0.4, -0.2) is 20.7 Å². The Kier molecular flexibility index (Phi) is 5.22. The van der Waals surface area contributed by atoms with Crippen LogP contribution in [0.2, 0.25) is 0 Å². The molecule has 4 nitrogen and oxygen atoms in total. The van der Waals surface area contributed by atoms with Crippen LogP contribution in [0.15, 0.2) is 24.3 Å². The SMILES string of the molecule is NCC#Cc1ccc(CNS(=O)(=O)C(F)F)cc1. The standard InChI is InChI=1S/C11H12F2N2O2S/c12-11(13)18(16,17)15-8-10-5-3-9(4-6-10)2-1-7-14/h3-6,11,15H,7-8,14H2. The van der Waals surface area contributed by atoms with Crippen LogP contribution in [0.25, 0.3) is 0 Å². The number of alkyl halides is 2. The Morgan fingerprint density at radius 1 is 1.28 bits per heavy atom. The van der Waals surface area contributed by atoms with E-state index in [1.807, 2.05) is 0 Å². The van der Waals surface area contributed by atoms with Gasteiger partial charge in [-0.25, -0.2) is 13.1 Å². The van der Waals surface area contributed by atoms with E-state index in [0.717, 1.165) is 5.56 Å². The van der Waals surface area contributed by atoms with E-state index < -0.39 is 15.8 Å². The average molecular weight is 274 g/mol. The molecular weight excluding hydrogens is 262 g/mol. The molecule has 1 aromatic carbocycles. The van der Waals surface area contributed by atoms with Gasteiger partial charge >= 0.3 is 5.76 Å². The minimum Gasteiger partial charge on any atom is -0.320 e. The Balaban J connectivity index is 2.65. The Labute approximate surface area is 104 Å². The number of hydrogen-bond donors (Lipinski definition) is 2. The van der Waals surface area contributed by atoms with Crippen LogP contribution in [0.1, 0.15) is 11.1 Å². The number of rotatable bonds is 4. The molecule has 0 spiro atoms. The van der Waals surface area contributed by atoms with E-state index in [1.54, 1.807) is 29.0 Å². The molecule has 18 heavy (non-hydrogen) atoms. The van der Waals surface area contributed by atoms with Gasteiger partial charge in [0.2, 0.25) is 0 Å². The maximum atomic E-state index is 12.0. The summed E-state index contributed by atoms with van der Waals surface area (Å²) in [5, 5.41) is 0. The lowest BCUT2D eigenvalue weighted by molar-refractivity contribution is 0.232. The first-order valence-corrected chi connectivity index (χ1v) is 6.55. The highest BCUT2D eigenvalue weighted by atomic mass is 32.2. The van der Waals surface area contributed by atoms with Crippen LogP contribution in [0.3, 0.4) is 0 Å². The molecule has 0 saturated carbocycles. The molecule has 0 aliphatic heterocycles. The molecule has 0 bridgehead atoms. The third-order valence-electron chi connectivity index (χ3n) is 2.00. The van der Waals surface area contributed by atoms with Gasteiger partial charge in [0.1, 0.15) is 0 Å². The first-order valence-electron chi connectivity index (χ1n) is 5.00. The third kappa shape index (κ3) is 4.41. The highest BCUT2D eigenvalue weighted by molar-refractivity contribution is 7.89. The van der Waals surface area contributed by atoms with E-state index in [-0.39, 0.29) is 13.1 Å². The maximum absolute atomic E-state index is 12.0. The summed E-state index contributed by atoms with van der Waals surface area (Å²) in [6.45, 7) is 0.0627. The third-order valence-corrected chi connectivity index (χ3v) is 3.02. The van der Waals surface area contributed by atoms with Crippen LogP contribution >= 0.6 is 0 Å². The molecular formula is C11H12F2N2O2S. The number of halogens is 2. The number of benzene rings is 1. The minimum absolute atomic E-state index is 0.183. The molecule has 0 aromatic heterocycles. The summed E-state index contributed by atoms with van der Waals surface area (Å²) in [6.07, 6.45) is 0. The summed E-state index contributed by atoms with van der Waals surface area (Å²) in [7, 11) is -4.55. The van der Waals surface area contributed by atoms with Gasteiger partial charge in [-0.05, 0) is 17.7 Å². The van der Waals surface area contributed by atoms with E-state index in [0.29, 0.717) is 5.56 Å². The van der Waals surface area contributed by atoms with Crippen molar-refractivity contribution in [3.8, 4) is 11.8 Å². The molecule has 0 aliphatic carbocycles. The Bertz CT molecular complexity index is 545. The zero-order valence-corrected chi connectivity index (χ0v) is 10.2. The van der Waals surface area contributed by atoms with E-state index in [9.17, 15) is 17.2 Å². The molecule has 0 fully saturated rings. The second-order valence-electron chi connectivity index (χ2n) is 3.33. The van der Waals surface area contributed by atoms with Crippen LogP contribution in [-0.2, 0) is 16.6 Å². The van der Waals surface area contributed by atoms with Gasteiger partial charge in [0.25, 0.3) is 10.0 Å². The second-order valence-corrected chi connectivity index (χ2v) is 5.06. The van der Waals surface area contributed by atoms with Gasteiger partial charge in [0.05, 0.1) is 6.54 Å². The fourth-order valence-electron chi connectivity index (χ4n) is 1.11. The van der Waals surface area contributed by atoms with Crippen molar-refractivity contribution in [2.75, 3.05) is 6.54 Å². The van der Waals surface area contributed by atoms with Crippen LogP contribution in [0.5, 0.6) is 0 Å². The smallest absolute Gasteiger partial charge is 0.320 e. The van der Waals surface area contributed by atoms with Gasteiger partial charge in [-0.3, -0.25) is 0 Å². The highest BCUT2D eigenvalue weighted by Gasteiger charge is 2.22. The van der Waals surface area contributed by atoms with E-state index in [4.69, 9.17) is 5.73 Å². The Morgan fingerprint density at radius 2 is 1.89 bits per heavy atom. The zero-order chi connectivity index (χ0) is 13.6. The zero-order valence-electron chi connectivity index (χ0n) is 9.36. The van der Waals surface area contributed by atoms with Gasteiger partial charge in [-0.15, -0.1) is 0 Å². The van der Waals surface area contributed by atoms with Crippen molar-refractivity contribution >= 4 is 10.0 Å². The molecule has 1 aromatic rings. The van der Waals surface area contributed by atoms with Crippen molar-refractivity contribution in [3.05, 3.63) is 35.4 Å². The lowest BCUT2D eigenvalue weighted by Gasteiger charge is -2.05. The number of nitrogens with one attached hydrogen (secondary N) is 1. The number of nitrogens with two attached hydrogens (primary N) is 1. The molecule has 1 rings (SSSR count). The summed E-state index contributed by atoms with van der Waals surface area (Å²) in [4.78, 5) is 0. The van der Waals surface area contributed by atoms with Crippen LogP contribution in [0, 0.1) is 11.8 Å². The maximum Gasteiger partial charge on any atom is 0.350 e. The first kappa shape index (κ1) is 14.6. The summed E-state index contributed by atoms with van der Waals surface area (Å²) < 4.78 is 47.5. The fraction of sp³-hybridized carbons (Fsp3) is 0.273. The largest absolute Gasteiger partial charge is 0.350 e. The molecule has 3 N–H and O–H groups in total. The van der Waals surface area contributed by atoms with Crippen molar-refractivity contribution in [1.82, 2.24) is 4.72 Å². The second kappa shape index (κ2) is 6.44. The first-order chi connectivity index (χ1) is 8.45. The van der Waals surface area contributed by atoms with Crippen molar-refractivity contribution < 1.29 is 17.2 Å². The van der Waals surface area contributed by atoms with Crippen LogP contribution < -0.4 is 10.5 Å². The molecule has 0 unspecified atom stereocenters. The molecule has 0 atom stereocenters. The van der Waals surface area contributed by atoms with Crippen molar-refractivity contribution in [2.24, 2.45) is 5.73 Å². The molecule has 0 amide bonds. The Hall–Kier alpha value is -1.49. The number of sulfonamides is 1. The molecule has 0 saturated heterocycles. The van der Waals surface area contributed by atoms with Gasteiger partial charge in [0.15, 0.2) is 0 Å². The lowest BCUT2D eigenvalue weighted by atomic mass is 10.1. The minimum atomic E-state index is -4.55. The number of hydrogen-bond acceptors (Lipinski definition) is 3. The van der Waals surface area contributed by atoms with E-state index in [2.05, 4.69) is 11.8 Å². The predicted octanol–water partition coefficient (Wildman–Crippen LogP) is 0.639. The Morgan fingerprint density at radius 3 is 2.39 bits per heavy atom. The van der Waals surface area contributed by atoms with E-state index in [1.165, 1.54) is 0 Å². The summed E-state index contributed by atoms with van der Waals surface area (Å²) in [6, 6.07) is 6.53. The normalized spacial score (nSPS) is 11.1. The van der Waals surface area contributed by atoms with Crippen LogP contribution in [0.4, 0.5) is 8.78 Å². The molecule has 7 heteroatoms. The van der Waals surface area contributed by atoms with Gasteiger partial charge in [-0.2, -0.15) is 8.78 Å². The van der Waals surface area contributed by atoms with Gasteiger partial charge in [-0.1, -0.05) is 24.0 Å². The molecule has 0 aliphatic rings. The monoisotopic (exact) mass is 274 g/mol. The topological polar surface area (TPSA) is 72.2 Å². The molecule has 0 heterocycles. The predicted molar refractivity (Wildman–Crippen MR) is 64.1 cm³/mol. The van der Waals surface area contributed by atoms with Crippen molar-refractivity contribution in [1.29, 1.82) is 0 Å². The van der Waals surface area contributed by atoms with E-state index >= 15 is 0 Å². The van der Waals surface area contributed by atoms with Crippen molar-refractivity contribution in [2.45, 2.75) is 12.3 Å². The summed E-state index contributed by atoms with van der Waals surface area (Å²) >= 11 is 0. The molecule has 0 radical (unpaired) electrons. The fourth-order valence-corrected chi connectivity index (χ4v) is 1.60. The lowest BCUT2D eigenvalue weighted by Crippen LogP contribution is -2.28. The quantitative estimate of drug-likeness (QED) is 0.791. The van der Waals surface area contributed by atoms with Gasteiger partial charge in [0, 0.05) is 12.1 Å². The highest BCUT2D eigenvalue weighted by Crippen LogP contribution is 2.06. The van der Waals surface area contributed by atoms with Gasteiger partial charge < -0.3 is 5.73 Å². The molecule has 98 valence electrons. The van der Waals surface area contributed by atoms with Crippen molar-refractivity contribution in [3.63, 3.8) is 0 Å².